The fourth-order valence-electron chi connectivity index (χ4n) is 1.57. The minimum absolute atomic E-state index is 0.333. The summed E-state index contributed by atoms with van der Waals surface area (Å²) in [6.07, 6.45) is 0.657. The average molecular weight is 231 g/mol. The summed E-state index contributed by atoms with van der Waals surface area (Å²) in [6, 6.07) is 0.333. The van der Waals surface area contributed by atoms with Gasteiger partial charge in [-0.15, -0.1) is 0 Å². The van der Waals surface area contributed by atoms with Crippen molar-refractivity contribution >= 4 is 5.97 Å². The van der Waals surface area contributed by atoms with E-state index in [0.717, 1.165) is 13.1 Å². The van der Waals surface area contributed by atoms with E-state index in [-0.39, 0.29) is 0 Å². The van der Waals surface area contributed by atoms with Crippen molar-refractivity contribution in [3.8, 4) is 0 Å². The largest absolute Gasteiger partial charge is 0.481 e. The molecular weight excluding hydrogens is 206 g/mol. The third kappa shape index (κ3) is 4.94. The molecule has 0 aliphatic rings. The zero-order valence-corrected chi connectivity index (χ0v) is 11.1. The molecular formula is C12H25NO3. The number of carboxylic acid groups (broad SMARTS) is 1. The van der Waals surface area contributed by atoms with Crippen LogP contribution < -0.4 is 0 Å². The van der Waals surface area contributed by atoms with E-state index in [0.29, 0.717) is 19.1 Å². The number of likely N-dealkylation sites (N-methyl/N-ethyl adjacent to an activating group) is 1. The van der Waals surface area contributed by atoms with Crippen molar-refractivity contribution in [3.05, 3.63) is 0 Å². The van der Waals surface area contributed by atoms with Gasteiger partial charge in [-0.3, -0.25) is 9.69 Å². The molecule has 0 fully saturated rings. The maximum Gasteiger partial charge on any atom is 0.309 e. The van der Waals surface area contributed by atoms with Crippen LogP contribution >= 0.6 is 0 Å². The van der Waals surface area contributed by atoms with Crippen LogP contribution in [0.5, 0.6) is 0 Å². The average Bonchev–Trinajstić information content (AvgIpc) is 2.18. The lowest BCUT2D eigenvalue weighted by molar-refractivity contribution is -0.147. The molecule has 0 heterocycles. The van der Waals surface area contributed by atoms with Crippen molar-refractivity contribution in [2.24, 2.45) is 5.41 Å². The Labute approximate surface area is 98.6 Å². The van der Waals surface area contributed by atoms with Crippen molar-refractivity contribution in [2.75, 3.05) is 26.8 Å². The number of rotatable bonds is 8. The zero-order chi connectivity index (χ0) is 12.8. The Kier molecular flexibility index (Phi) is 6.60. The standard InChI is InChI=1S/C12H25NO3/c1-6-13(10(2)9-16-5)8-7-12(3,4)11(14)15/h10H,6-9H2,1-5H3,(H,14,15). The molecule has 1 N–H and O–H groups in total. The highest BCUT2D eigenvalue weighted by molar-refractivity contribution is 5.73. The summed E-state index contributed by atoms with van der Waals surface area (Å²) in [5, 5.41) is 9.03. The second kappa shape index (κ2) is 6.86. The summed E-state index contributed by atoms with van der Waals surface area (Å²) in [4.78, 5) is 13.2. The number of aliphatic carboxylic acids is 1. The fourth-order valence-corrected chi connectivity index (χ4v) is 1.57. The van der Waals surface area contributed by atoms with E-state index in [1.165, 1.54) is 0 Å². The first-order valence-electron chi connectivity index (χ1n) is 5.81. The second-order valence-corrected chi connectivity index (χ2v) is 4.87. The van der Waals surface area contributed by atoms with E-state index in [1.807, 2.05) is 0 Å². The van der Waals surface area contributed by atoms with Gasteiger partial charge in [0.2, 0.25) is 0 Å². The predicted molar refractivity (Wildman–Crippen MR) is 64.6 cm³/mol. The highest BCUT2D eigenvalue weighted by Crippen LogP contribution is 2.21. The summed E-state index contributed by atoms with van der Waals surface area (Å²) < 4.78 is 5.11. The van der Waals surface area contributed by atoms with Crippen LogP contribution in [0, 0.1) is 5.41 Å². The lowest BCUT2D eigenvalue weighted by atomic mass is 9.89. The lowest BCUT2D eigenvalue weighted by Gasteiger charge is -2.30. The van der Waals surface area contributed by atoms with Crippen molar-refractivity contribution in [3.63, 3.8) is 0 Å². The normalized spacial score (nSPS) is 14.1. The molecule has 0 saturated heterocycles. The molecule has 0 aliphatic heterocycles. The summed E-state index contributed by atoms with van der Waals surface area (Å²) in [5.74, 6) is -0.733. The predicted octanol–water partition coefficient (Wildman–Crippen LogP) is 1.84. The summed E-state index contributed by atoms with van der Waals surface area (Å²) in [5.41, 5.74) is -0.653. The summed E-state index contributed by atoms with van der Waals surface area (Å²) in [6.45, 7) is 10.1. The SMILES string of the molecule is CCN(CCC(C)(C)C(=O)O)C(C)COC. The van der Waals surface area contributed by atoms with Gasteiger partial charge in [0.05, 0.1) is 12.0 Å². The monoisotopic (exact) mass is 231 g/mol. The van der Waals surface area contributed by atoms with Gasteiger partial charge in [-0.2, -0.15) is 0 Å². The first-order valence-corrected chi connectivity index (χ1v) is 5.81. The molecule has 4 heteroatoms. The Hall–Kier alpha value is -0.610. The fraction of sp³-hybridized carbons (Fsp3) is 0.917. The first kappa shape index (κ1) is 15.4. The molecule has 1 unspecified atom stereocenters. The quantitative estimate of drug-likeness (QED) is 0.692. The van der Waals surface area contributed by atoms with Crippen LogP contribution in [-0.4, -0.2) is 48.8 Å². The molecule has 0 saturated carbocycles. The van der Waals surface area contributed by atoms with E-state index in [2.05, 4.69) is 18.7 Å². The minimum atomic E-state index is -0.733. The van der Waals surface area contributed by atoms with Crippen LogP contribution in [0.15, 0.2) is 0 Å². The van der Waals surface area contributed by atoms with Crippen molar-refractivity contribution in [1.29, 1.82) is 0 Å². The first-order chi connectivity index (χ1) is 7.35. The van der Waals surface area contributed by atoms with Gasteiger partial charge in [0.15, 0.2) is 0 Å². The second-order valence-electron chi connectivity index (χ2n) is 4.87. The molecule has 0 spiro atoms. The summed E-state index contributed by atoms with van der Waals surface area (Å²) in [7, 11) is 1.69. The maximum atomic E-state index is 11.0. The highest BCUT2D eigenvalue weighted by Gasteiger charge is 2.27. The number of methoxy groups -OCH3 is 1. The van der Waals surface area contributed by atoms with Gasteiger partial charge in [0.25, 0.3) is 0 Å². The number of carboxylic acids is 1. The van der Waals surface area contributed by atoms with E-state index < -0.39 is 11.4 Å². The molecule has 0 aliphatic carbocycles. The number of hydrogen-bond donors (Lipinski definition) is 1. The summed E-state index contributed by atoms with van der Waals surface area (Å²) >= 11 is 0. The van der Waals surface area contributed by atoms with Gasteiger partial charge >= 0.3 is 5.97 Å². The minimum Gasteiger partial charge on any atom is -0.481 e. The van der Waals surface area contributed by atoms with E-state index in [1.54, 1.807) is 21.0 Å². The van der Waals surface area contributed by atoms with E-state index in [9.17, 15) is 4.79 Å². The molecule has 0 radical (unpaired) electrons. The molecule has 1 atom stereocenters. The smallest absolute Gasteiger partial charge is 0.309 e. The number of nitrogens with zero attached hydrogens (tertiary/aromatic N) is 1. The van der Waals surface area contributed by atoms with Gasteiger partial charge < -0.3 is 9.84 Å². The highest BCUT2D eigenvalue weighted by atomic mass is 16.5. The number of hydrogen-bond acceptors (Lipinski definition) is 3. The van der Waals surface area contributed by atoms with Crippen molar-refractivity contribution in [2.45, 2.75) is 40.2 Å². The number of carbonyl (C=O) groups is 1. The Morgan fingerprint density at radius 1 is 1.50 bits per heavy atom. The van der Waals surface area contributed by atoms with Gasteiger partial charge in [0, 0.05) is 13.2 Å². The Balaban J connectivity index is 4.19. The molecule has 16 heavy (non-hydrogen) atoms. The van der Waals surface area contributed by atoms with Crippen molar-refractivity contribution in [1.82, 2.24) is 4.90 Å². The topological polar surface area (TPSA) is 49.8 Å². The van der Waals surface area contributed by atoms with Crippen LogP contribution in [0.4, 0.5) is 0 Å². The van der Waals surface area contributed by atoms with Gasteiger partial charge in [0.1, 0.15) is 0 Å². The molecule has 4 nitrogen and oxygen atoms in total. The molecule has 0 aromatic carbocycles. The maximum absolute atomic E-state index is 11.0. The van der Waals surface area contributed by atoms with Gasteiger partial charge in [-0.25, -0.2) is 0 Å². The molecule has 0 amide bonds. The molecule has 0 bridgehead atoms. The van der Waals surface area contributed by atoms with Crippen molar-refractivity contribution < 1.29 is 14.6 Å². The van der Waals surface area contributed by atoms with E-state index in [4.69, 9.17) is 9.84 Å². The van der Waals surface area contributed by atoms with Crippen LogP contribution in [0.3, 0.4) is 0 Å². The van der Waals surface area contributed by atoms with Gasteiger partial charge in [-0.1, -0.05) is 6.92 Å². The Morgan fingerprint density at radius 2 is 2.06 bits per heavy atom. The van der Waals surface area contributed by atoms with Crippen LogP contribution in [0.2, 0.25) is 0 Å². The molecule has 0 aromatic rings. The van der Waals surface area contributed by atoms with E-state index >= 15 is 0 Å². The van der Waals surface area contributed by atoms with Gasteiger partial charge in [-0.05, 0) is 40.3 Å². The van der Waals surface area contributed by atoms with Crippen LogP contribution in [0.25, 0.3) is 0 Å². The third-order valence-electron chi connectivity index (χ3n) is 3.04. The Bertz CT molecular complexity index is 216. The number of ether oxygens (including phenoxy) is 1. The molecule has 96 valence electrons. The third-order valence-corrected chi connectivity index (χ3v) is 3.04. The van der Waals surface area contributed by atoms with Crippen LogP contribution in [0.1, 0.15) is 34.1 Å². The molecule has 0 aromatic heterocycles. The van der Waals surface area contributed by atoms with Crippen LogP contribution in [-0.2, 0) is 9.53 Å². The zero-order valence-electron chi connectivity index (χ0n) is 11.1. The Morgan fingerprint density at radius 3 is 2.44 bits per heavy atom. The molecule has 0 rings (SSSR count). The lowest BCUT2D eigenvalue weighted by Crippen LogP contribution is -2.39.